The summed E-state index contributed by atoms with van der Waals surface area (Å²) >= 11 is 0. The highest BCUT2D eigenvalue weighted by atomic mass is 15.1. The van der Waals surface area contributed by atoms with Crippen LogP contribution in [-0.2, 0) is 0 Å². The Balaban J connectivity index is 0.000000791. The second-order valence-electron chi connectivity index (χ2n) is 3.51. The van der Waals surface area contributed by atoms with Gasteiger partial charge in [-0.25, -0.2) is 0 Å². The first-order valence-corrected chi connectivity index (χ1v) is 5.57. The molecule has 1 aliphatic rings. The lowest BCUT2D eigenvalue weighted by atomic mass is 10.2. The van der Waals surface area contributed by atoms with Crippen molar-refractivity contribution in [3.8, 4) is 6.07 Å². The van der Waals surface area contributed by atoms with Gasteiger partial charge in [-0.1, -0.05) is 19.9 Å². The van der Waals surface area contributed by atoms with Gasteiger partial charge in [0.05, 0.1) is 6.07 Å². The summed E-state index contributed by atoms with van der Waals surface area (Å²) in [4.78, 5) is 2.42. The van der Waals surface area contributed by atoms with Crippen molar-refractivity contribution in [2.24, 2.45) is 0 Å². The monoisotopic (exact) mass is 194 g/mol. The van der Waals surface area contributed by atoms with Gasteiger partial charge in [-0.15, -0.1) is 0 Å². The van der Waals surface area contributed by atoms with Crippen molar-refractivity contribution in [1.82, 2.24) is 4.90 Å². The van der Waals surface area contributed by atoms with E-state index in [1.165, 1.54) is 0 Å². The Morgan fingerprint density at radius 1 is 1.36 bits per heavy atom. The van der Waals surface area contributed by atoms with Crippen LogP contribution in [0.1, 0.15) is 40.5 Å². The number of hydrogen-bond acceptors (Lipinski definition) is 2. The highest BCUT2D eigenvalue weighted by molar-refractivity contribution is 5.21. The minimum absolute atomic E-state index is 0.608. The van der Waals surface area contributed by atoms with E-state index in [9.17, 15) is 0 Å². The molecule has 80 valence electrons. The maximum Gasteiger partial charge on any atom is 0.0944 e. The molecule has 0 radical (unpaired) electrons. The highest BCUT2D eigenvalue weighted by Gasteiger charge is 2.12. The average Bonchev–Trinajstić information content (AvgIpc) is 2.45. The minimum Gasteiger partial charge on any atom is -0.300 e. The second-order valence-corrected chi connectivity index (χ2v) is 3.51. The molecule has 0 amide bonds. The molecule has 0 fully saturated rings. The van der Waals surface area contributed by atoms with Crippen LogP contribution >= 0.6 is 0 Å². The van der Waals surface area contributed by atoms with E-state index < -0.39 is 0 Å². The van der Waals surface area contributed by atoms with Crippen molar-refractivity contribution < 1.29 is 0 Å². The van der Waals surface area contributed by atoms with Crippen LogP contribution < -0.4 is 0 Å². The predicted octanol–water partition coefficient (Wildman–Crippen LogP) is 2.97. The van der Waals surface area contributed by atoms with Gasteiger partial charge in [0.15, 0.2) is 0 Å². The molecule has 0 N–H and O–H groups in total. The molecule has 0 aromatic heterocycles. The van der Waals surface area contributed by atoms with Crippen LogP contribution in [0.5, 0.6) is 0 Å². The first kappa shape index (κ1) is 13.2. The summed E-state index contributed by atoms with van der Waals surface area (Å²) in [6.07, 6.45) is 4.03. The van der Waals surface area contributed by atoms with Gasteiger partial charge in [0.1, 0.15) is 0 Å². The van der Waals surface area contributed by atoms with Gasteiger partial charge < -0.3 is 4.90 Å². The smallest absolute Gasteiger partial charge is 0.0944 e. The summed E-state index contributed by atoms with van der Waals surface area (Å²) in [5, 5.41) is 8.70. The SMILES string of the molecule is CC.CC(C)N1CCC=C(C#N)CC1. The molecule has 0 aromatic carbocycles. The molecule has 0 atom stereocenters. The number of nitrogens with zero attached hydrogens (tertiary/aromatic N) is 2. The number of nitriles is 1. The molecule has 14 heavy (non-hydrogen) atoms. The molecule has 0 aromatic rings. The maximum absolute atomic E-state index is 8.70. The Morgan fingerprint density at radius 3 is 2.50 bits per heavy atom. The van der Waals surface area contributed by atoms with Gasteiger partial charge in [0.25, 0.3) is 0 Å². The molecule has 0 saturated heterocycles. The summed E-state index contributed by atoms with van der Waals surface area (Å²) in [6.45, 7) is 10.6. The minimum atomic E-state index is 0.608. The lowest BCUT2D eigenvalue weighted by Gasteiger charge is -2.23. The third-order valence-electron chi connectivity index (χ3n) is 2.35. The first-order valence-electron chi connectivity index (χ1n) is 5.57. The molecule has 2 heteroatoms. The van der Waals surface area contributed by atoms with Gasteiger partial charge in [-0.3, -0.25) is 0 Å². The van der Waals surface area contributed by atoms with Crippen LogP contribution in [0.15, 0.2) is 11.6 Å². The molecule has 0 aliphatic carbocycles. The fourth-order valence-electron chi connectivity index (χ4n) is 1.50. The van der Waals surface area contributed by atoms with Gasteiger partial charge in [0.2, 0.25) is 0 Å². The van der Waals surface area contributed by atoms with Crippen molar-refractivity contribution in [3.05, 3.63) is 11.6 Å². The Bertz CT molecular complexity index is 211. The molecule has 0 spiro atoms. The molecule has 1 heterocycles. The zero-order valence-electron chi connectivity index (χ0n) is 9.88. The van der Waals surface area contributed by atoms with Gasteiger partial charge in [-0.2, -0.15) is 5.26 Å². The Morgan fingerprint density at radius 2 is 2.00 bits per heavy atom. The summed E-state index contributed by atoms with van der Waals surface area (Å²) in [6, 6.07) is 2.85. The third-order valence-corrected chi connectivity index (χ3v) is 2.35. The van der Waals surface area contributed by atoms with Gasteiger partial charge >= 0.3 is 0 Å². The Labute approximate surface area is 88.2 Å². The summed E-state index contributed by atoms with van der Waals surface area (Å²) in [7, 11) is 0. The third kappa shape index (κ3) is 4.43. The van der Waals surface area contributed by atoms with Crippen molar-refractivity contribution in [1.29, 1.82) is 5.26 Å². The second kappa shape index (κ2) is 7.58. The van der Waals surface area contributed by atoms with Crippen LogP contribution in [0, 0.1) is 11.3 Å². The largest absolute Gasteiger partial charge is 0.300 e. The van der Waals surface area contributed by atoms with Crippen molar-refractivity contribution in [2.75, 3.05) is 13.1 Å². The van der Waals surface area contributed by atoms with E-state index >= 15 is 0 Å². The zero-order valence-corrected chi connectivity index (χ0v) is 9.88. The van der Waals surface area contributed by atoms with Crippen LogP contribution in [0.3, 0.4) is 0 Å². The van der Waals surface area contributed by atoms with Crippen LogP contribution in [-0.4, -0.2) is 24.0 Å². The molecular formula is C12H22N2. The van der Waals surface area contributed by atoms with E-state index in [-0.39, 0.29) is 0 Å². The van der Waals surface area contributed by atoms with Crippen molar-refractivity contribution in [2.45, 2.75) is 46.6 Å². The average molecular weight is 194 g/mol. The molecule has 0 bridgehead atoms. The standard InChI is InChI=1S/C10H16N2.C2H6/c1-9(2)12-6-3-4-10(8-11)5-7-12;1-2/h4,9H,3,5-7H2,1-2H3;1-2H3. The molecule has 0 unspecified atom stereocenters. The highest BCUT2D eigenvalue weighted by Crippen LogP contribution is 2.11. The summed E-state index contributed by atoms with van der Waals surface area (Å²) in [5.41, 5.74) is 0.957. The molecule has 0 saturated carbocycles. The Kier molecular flexibility index (Phi) is 7.14. The van der Waals surface area contributed by atoms with Crippen molar-refractivity contribution >= 4 is 0 Å². The van der Waals surface area contributed by atoms with E-state index in [2.05, 4.69) is 30.9 Å². The van der Waals surface area contributed by atoms with Gasteiger partial charge in [-0.05, 0) is 26.7 Å². The van der Waals surface area contributed by atoms with Crippen LogP contribution in [0.2, 0.25) is 0 Å². The first-order chi connectivity index (χ1) is 6.74. The van der Waals surface area contributed by atoms with E-state index in [1.54, 1.807) is 0 Å². The molecule has 1 aliphatic heterocycles. The maximum atomic E-state index is 8.70. The lowest BCUT2D eigenvalue weighted by molar-refractivity contribution is 0.233. The fourth-order valence-corrected chi connectivity index (χ4v) is 1.50. The number of hydrogen-bond donors (Lipinski definition) is 0. The summed E-state index contributed by atoms with van der Waals surface area (Å²) < 4.78 is 0. The van der Waals surface area contributed by atoms with Gasteiger partial charge in [0, 0.05) is 24.7 Å². The Hall–Kier alpha value is -0.810. The van der Waals surface area contributed by atoms with Crippen molar-refractivity contribution in [3.63, 3.8) is 0 Å². The zero-order chi connectivity index (χ0) is 11.0. The topological polar surface area (TPSA) is 27.0 Å². The van der Waals surface area contributed by atoms with E-state index in [4.69, 9.17) is 5.26 Å². The fraction of sp³-hybridized carbons (Fsp3) is 0.750. The predicted molar refractivity (Wildman–Crippen MR) is 61.0 cm³/mol. The normalized spacial score (nSPS) is 17.6. The quantitative estimate of drug-likeness (QED) is 0.641. The molecular weight excluding hydrogens is 172 g/mol. The molecule has 2 nitrogen and oxygen atoms in total. The van der Waals surface area contributed by atoms with E-state index in [0.717, 1.165) is 31.5 Å². The van der Waals surface area contributed by atoms with E-state index in [0.29, 0.717) is 6.04 Å². The van der Waals surface area contributed by atoms with Crippen LogP contribution in [0.25, 0.3) is 0 Å². The number of rotatable bonds is 1. The summed E-state index contributed by atoms with van der Waals surface area (Å²) in [5.74, 6) is 0. The molecule has 1 rings (SSSR count). The lowest BCUT2D eigenvalue weighted by Crippen LogP contribution is -2.31. The van der Waals surface area contributed by atoms with Crippen LogP contribution in [0.4, 0.5) is 0 Å². The van der Waals surface area contributed by atoms with E-state index in [1.807, 2.05) is 13.8 Å².